The quantitative estimate of drug-likeness (QED) is 0.772. The zero-order chi connectivity index (χ0) is 17.9. The molecule has 1 unspecified atom stereocenters. The second-order valence-corrected chi connectivity index (χ2v) is 6.62. The van der Waals surface area contributed by atoms with Gasteiger partial charge >= 0.3 is 0 Å². The van der Waals surface area contributed by atoms with Crippen molar-refractivity contribution < 1.29 is 9.32 Å². The zero-order valence-electron chi connectivity index (χ0n) is 14.5. The number of pyridine rings is 1. The number of amides is 1. The monoisotopic (exact) mass is 351 g/mol. The summed E-state index contributed by atoms with van der Waals surface area (Å²) in [5.41, 5.74) is 6.82. The lowest BCUT2D eigenvalue weighted by molar-refractivity contribution is -0.133. The van der Waals surface area contributed by atoms with Gasteiger partial charge in [-0.2, -0.15) is 4.98 Å². The zero-order valence-corrected chi connectivity index (χ0v) is 14.5. The number of nitrogens with zero attached hydrogens (tertiary/aromatic N) is 4. The highest BCUT2D eigenvalue weighted by Gasteiger charge is 2.25. The predicted molar refractivity (Wildman–Crippen MR) is 96.1 cm³/mol. The first-order chi connectivity index (χ1) is 12.7. The summed E-state index contributed by atoms with van der Waals surface area (Å²) in [6.45, 7) is 0.984. The number of fused-ring (bicyclic) bond motifs is 1. The molecule has 1 aliphatic heterocycles. The molecule has 0 saturated carbocycles. The molecule has 0 radical (unpaired) electrons. The maximum Gasteiger partial charge on any atom is 0.246 e. The van der Waals surface area contributed by atoms with Gasteiger partial charge in [0.1, 0.15) is 6.54 Å². The molecule has 1 fully saturated rings. The Bertz CT molecular complexity index is 918. The summed E-state index contributed by atoms with van der Waals surface area (Å²) >= 11 is 0. The van der Waals surface area contributed by atoms with E-state index in [0.717, 1.165) is 35.7 Å². The van der Waals surface area contributed by atoms with Crippen LogP contribution in [0.15, 0.2) is 41.1 Å². The fourth-order valence-corrected chi connectivity index (χ4v) is 3.35. The molecular formula is C19H21N5O2. The number of hydrogen-bond donors (Lipinski definition) is 1. The van der Waals surface area contributed by atoms with Crippen LogP contribution in [0.4, 0.5) is 0 Å². The van der Waals surface area contributed by atoms with Gasteiger partial charge in [0.15, 0.2) is 5.82 Å². The van der Waals surface area contributed by atoms with Gasteiger partial charge in [0, 0.05) is 18.1 Å². The number of carbonyl (C=O) groups excluding carboxylic acids is 1. The first-order valence-electron chi connectivity index (χ1n) is 8.89. The molecule has 0 bridgehead atoms. The number of aromatic nitrogens is 3. The van der Waals surface area contributed by atoms with E-state index in [1.807, 2.05) is 24.3 Å². The van der Waals surface area contributed by atoms with E-state index >= 15 is 0 Å². The second kappa shape index (κ2) is 7.21. The molecular weight excluding hydrogens is 330 g/mol. The van der Waals surface area contributed by atoms with E-state index in [1.54, 1.807) is 11.1 Å². The van der Waals surface area contributed by atoms with E-state index in [-0.39, 0.29) is 5.91 Å². The Morgan fingerprint density at radius 1 is 1.23 bits per heavy atom. The molecule has 1 aromatic carbocycles. The smallest absolute Gasteiger partial charge is 0.246 e. The highest BCUT2D eigenvalue weighted by Crippen LogP contribution is 2.19. The minimum absolute atomic E-state index is 0.0435. The molecule has 7 nitrogen and oxygen atoms in total. The summed E-state index contributed by atoms with van der Waals surface area (Å²) in [5.74, 6) is 0.955. The Hall–Kier alpha value is -2.80. The largest absolute Gasteiger partial charge is 0.337 e. The van der Waals surface area contributed by atoms with Gasteiger partial charge in [-0.1, -0.05) is 29.4 Å². The molecule has 0 spiro atoms. The van der Waals surface area contributed by atoms with E-state index in [0.29, 0.717) is 31.2 Å². The van der Waals surface area contributed by atoms with Gasteiger partial charge in [-0.15, -0.1) is 0 Å². The Labute approximate surface area is 151 Å². The Morgan fingerprint density at radius 2 is 2.12 bits per heavy atom. The van der Waals surface area contributed by atoms with Gasteiger partial charge < -0.3 is 15.2 Å². The molecule has 2 N–H and O–H groups in total. The van der Waals surface area contributed by atoms with Crippen molar-refractivity contribution in [2.45, 2.75) is 38.3 Å². The van der Waals surface area contributed by atoms with Crippen molar-refractivity contribution in [2.24, 2.45) is 5.73 Å². The van der Waals surface area contributed by atoms with Gasteiger partial charge in [-0.05, 0) is 30.7 Å². The Balaban J connectivity index is 1.50. The van der Waals surface area contributed by atoms with Crippen molar-refractivity contribution in [2.75, 3.05) is 6.54 Å². The summed E-state index contributed by atoms with van der Waals surface area (Å²) in [7, 11) is 0. The van der Waals surface area contributed by atoms with Gasteiger partial charge in [-0.3, -0.25) is 9.78 Å². The van der Waals surface area contributed by atoms with Crippen LogP contribution in [0.2, 0.25) is 0 Å². The molecule has 2 aromatic heterocycles. The topological polar surface area (TPSA) is 98.1 Å². The second-order valence-electron chi connectivity index (χ2n) is 6.62. The third-order valence-electron chi connectivity index (χ3n) is 4.74. The van der Waals surface area contributed by atoms with Crippen molar-refractivity contribution in [3.63, 3.8) is 0 Å². The van der Waals surface area contributed by atoms with E-state index in [4.69, 9.17) is 10.3 Å². The molecule has 7 heteroatoms. The molecule has 3 aromatic rings. The minimum Gasteiger partial charge on any atom is -0.337 e. The third-order valence-corrected chi connectivity index (χ3v) is 4.74. The Kier molecular flexibility index (Phi) is 4.62. The van der Waals surface area contributed by atoms with Crippen molar-refractivity contribution in [1.29, 1.82) is 0 Å². The molecule has 1 atom stereocenters. The highest BCUT2D eigenvalue weighted by molar-refractivity contribution is 5.84. The predicted octanol–water partition coefficient (Wildman–Crippen LogP) is 2.05. The van der Waals surface area contributed by atoms with Gasteiger partial charge in [-0.25, -0.2) is 0 Å². The average Bonchev–Trinajstić information content (AvgIpc) is 3.04. The fourth-order valence-electron chi connectivity index (χ4n) is 3.35. The van der Waals surface area contributed by atoms with Gasteiger partial charge in [0.05, 0.1) is 18.2 Å². The van der Waals surface area contributed by atoms with E-state index in [1.165, 1.54) is 0 Å². The van der Waals surface area contributed by atoms with Crippen LogP contribution in [0, 0.1) is 0 Å². The first kappa shape index (κ1) is 16.7. The normalized spacial score (nSPS) is 18.3. The van der Waals surface area contributed by atoms with Crippen LogP contribution < -0.4 is 5.73 Å². The van der Waals surface area contributed by atoms with Gasteiger partial charge in [0.25, 0.3) is 0 Å². The minimum atomic E-state index is -0.431. The number of nitrogens with two attached hydrogens (primary N) is 1. The van der Waals surface area contributed by atoms with Gasteiger partial charge in [0.2, 0.25) is 11.8 Å². The highest BCUT2D eigenvalue weighted by atomic mass is 16.5. The van der Waals surface area contributed by atoms with Crippen molar-refractivity contribution in [3.8, 4) is 0 Å². The maximum atomic E-state index is 12.3. The number of hydrogen-bond acceptors (Lipinski definition) is 6. The van der Waals surface area contributed by atoms with Crippen LogP contribution in [0.1, 0.15) is 36.7 Å². The lowest BCUT2D eigenvalue weighted by atomic mass is 10.1. The van der Waals surface area contributed by atoms with Crippen LogP contribution in [0.25, 0.3) is 10.8 Å². The molecule has 1 aliphatic rings. The van der Waals surface area contributed by atoms with Crippen molar-refractivity contribution in [1.82, 2.24) is 20.0 Å². The molecule has 1 amide bonds. The summed E-state index contributed by atoms with van der Waals surface area (Å²) in [6.07, 6.45) is 4.91. The summed E-state index contributed by atoms with van der Waals surface area (Å²) < 4.78 is 5.35. The van der Waals surface area contributed by atoms with E-state index in [2.05, 4.69) is 21.2 Å². The van der Waals surface area contributed by atoms with Crippen molar-refractivity contribution >= 4 is 16.7 Å². The fraction of sp³-hybridized carbons (Fsp3) is 0.368. The van der Waals surface area contributed by atoms with Crippen LogP contribution in [-0.2, 0) is 17.8 Å². The number of likely N-dealkylation sites (tertiary alicyclic amines) is 1. The molecule has 4 rings (SSSR count). The van der Waals surface area contributed by atoms with Crippen LogP contribution in [0.5, 0.6) is 0 Å². The molecule has 3 heterocycles. The molecule has 26 heavy (non-hydrogen) atoms. The van der Waals surface area contributed by atoms with E-state index in [9.17, 15) is 4.79 Å². The standard InChI is InChI=1S/C19H21N5O2/c20-15-7-3-4-10-24(19(15)25)12-18-22-17(23-26-18)11-16-14-6-2-1-5-13(14)8-9-21-16/h1-2,5-6,8-9,15H,3-4,7,10-12,20H2. The molecule has 0 aliphatic carbocycles. The van der Waals surface area contributed by atoms with E-state index < -0.39 is 6.04 Å². The SMILES string of the molecule is NC1CCCCN(Cc2nc(Cc3nccc4ccccc34)no2)C1=O. The summed E-state index contributed by atoms with van der Waals surface area (Å²) in [5, 5.41) is 6.26. The molecule has 134 valence electrons. The van der Waals surface area contributed by atoms with Crippen LogP contribution in [0.3, 0.4) is 0 Å². The maximum absolute atomic E-state index is 12.3. The summed E-state index contributed by atoms with van der Waals surface area (Å²) in [6, 6.07) is 9.63. The number of carbonyl (C=O) groups is 1. The number of benzene rings is 1. The van der Waals surface area contributed by atoms with Crippen LogP contribution in [-0.4, -0.2) is 38.5 Å². The number of rotatable bonds is 4. The van der Waals surface area contributed by atoms with Crippen molar-refractivity contribution in [3.05, 3.63) is 53.9 Å². The van der Waals surface area contributed by atoms with Crippen LogP contribution >= 0.6 is 0 Å². The average molecular weight is 351 g/mol. The molecule has 1 saturated heterocycles. The summed E-state index contributed by atoms with van der Waals surface area (Å²) in [4.78, 5) is 22.9. The Morgan fingerprint density at radius 3 is 3.04 bits per heavy atom. The lowest BCUT2D eigenvalue weighted by Gasteiger charge is -2.20. The lowest BCUT2D eigenvalue weighted by Crippen LogP contribution is -2.41. The first-order valence-corrected chi connectivity index (χ1v) is 8.89. The third kappa shape index (κ3) is 3.43.